The zero-order valence-corrected chi connectivity index (χ0v) is 15.0. The quantitative estimate of drug-likeness (QED) is 0.677. The van der Waals surface area contributed by atoms with Gasteiger partial charge in [-0.25, -0.2) is 0 Å². The molecule has 3 aromatic rings. The third-order valence-electron chi connectivity index (χ3n) is 3.89. The van der Waals surface area contributed by atoms with Gasteiger partial charge >= 0.3 is 0 Å². The minimum absolute atomic E-state index is 0.0344. The van der Waals surface area contributed by atoms with Gasteiger partial charge in [0.2, 0.25) is 0 Å². The number of nitrogens with one attached hydrogen (secondary N) is 2. The first-order valence-electron chi connectivity index (χ1n) is 8.70. The largest absolute Gasteiger partial charge is 0.484 e. The van der Waals surface area contributed by atoms with Crippen molar-refractivity contribution in [2.75, 3.05) is 18.5 Å². The van der Waals surface area contributed by atoms with Crippen LogP contribution in [0.3, 0.4) is 0 Å². The first-order chi connectivity index (χ1) is 13.2. The summed E-state index contributed by atoms with van der Waals surface area (Å²) in [5.74, 6) is 0.207. The van der Waals surface area contributed by atoms with E-state index in [9.17, 15) is 9.59 Å². The molecule has 0 spiro atoms. The second-order valence-electron chi connectivity index (χ2n) is 5.86. The Hall–Kier alpha value is -3.54. The van der Waals surface area contributed by atoms with E-state index in [2.05, 4.69) is 10.6 Å². The van der Waals surface area contributed by atoms with Crippen molar-refractivity contribution in [3.8, 4) is 11.4 Å². The van der Waals surface area contributed by atoms with Crippen molar-refractivity contribution in [1.29, 1.82) is 0 Å². The average molecular weight is 363 g/mol. The minimum atomic E-state index is -0.190. The van der Waals surface area contributed by atoms with Crippen molar-refractivity contribution in [3.63, 3.8) is 0 Å². The highest BCUT2D eigenvalue weighted by Gasteiger charge is 2.07. The molecule has 1 aromatic heterocycles. The van der Waals surface area contributed by atoms with Crippen molar-refractivity contribution in [2.24, 2.45) is 0 Å². The minimum Gasteiger partial charge on any atom is -0.484 e. The summed E-state index contributed by atoms with van der Waals surface area (Å²) in [5.41, 5.74) is 2.22. The molecular weight excluding hydrogens is 342 g/mol. The number of anilines is 1. The lowest BCUT2D eigenvalue weighted by Crippen LogP contribution is -2.28. The van der Waals surface area contributed by atoms with Crippen LogP contribution in [0.15, 0.2) is 73.1 Å². The third kappa shape index (κ3) is 4.98. The Morgan fingerprint density at radius 1 is 0.963 bits per heavy atom. The van der Waals surface area contributed by atoms with Crippen LogP contribution in [0, 0.1) is 0 Å². The predicted molar refractivity (Wildman–Crippen MR) is 104 cm³/mol. The number of likely N-dealkylation sites (N-methyl/N-ethyl adjacent to an activating group) is 1. The molecule has 2 amide bonds. The number of aromatic nitrogens is 1. The number of rotatable bonds is 7. The van der Waals surface area contributed by atoms with E-state index in [1.165, 1.54) is 0 Å². The van der Waals surface area contributed by atoms with Crippen LogP contribution >= 0.6 is 0 Å². The topological polar surface area (TPSA) is 72.4 Å². The Balaban J connectivity index is 1.56. The van der Waals surface area contributed by atoms with Crippen LogP contribution in [0.1, 0.15) is 17.3 Å². The maximum atomic E-state index is 12.4. The summed E-state index contributed by atoms with van der Waals surface area (Å²) in [7, 11) is 0. The molecule has 0 atom stereocenters. The Bertz CT molecular complexity index is 885. The molecule has 2 aromatic carbocycles. The van der Waals surface area contributed by atoms with E-state index in [0.717, 1.165) is 5.69 Å². The highest BCUT2D eigenvalue weighted by Crippen LogP contribution is 2.17. The van der Waals surface area contributed by atoms with Gasteiger partial charge in [0.25, 0.3) is 11.8 Å². The molecule has 0 unspecified atom stereocenters. The molecule has 0 fully saturated rings. The lowest BCUT2D eigenvalue weighted by molar-refractivity contribution is -0.122. The van der Waals surface area contributed by atoms with Crippen LogP contribution in [0.4, 0.5) is 5.69 Å². The molecule has 27 heavy (non-hydrogen) atoms. The molecule has 0 bridgehead atoms. The van der Waals surface area contributed by atoms with Crippen molar-refractivity contribution in [1.82, 2.24) is 9.88 Å². The summed E-state index contributed by atoms with van der Waals surface area (Å²) in [4.78, 5) is 23.8. The summed E-state index contributed by atoms with van der Waals surface area (Å²) in [6.45, 7) is 2.39. The predicted octanol–water partition coefficient (Wildman–Crippen LogP) is 3.24. The molecule has 0 aliphatic heterocycles. The Morgan fingerprint density at radius 2 is 1.63 bits per heavy atom. The summed E-state index contributed by atoms with van der Waals surface area (Å²) in [6, 6.07) is 18.2. The van der Waals surface area contributed by atoms with Crippen LogP contribution in [-0.4, -0.2) is 29.5 Å². The van der Waals surface area contributed by atoms with Crippen molar-refractivity contribution in [3.05, 3.63) is 78.6 Å². The molecule has 3 rings (SSSR count). The first-order valence-corrected chi connectivity index (χ1v) is 8.70. The summed E-state index contributed by atoms with van der Waals surface area (Å²) in [5, 5.41) is 5.51. The first kappa shape index (κ1) is 18.3. The Kier molecular flexibility index (Phi) is 5.89. The molecule has 0 aliphatic carbocycles. The summed E-state index contributed by atoms with van der Waals surface area (Å²) < 4.78 is 7.36. The van der Waals surface area contributed by atoms with Gasteiger partial charge in [-0.3, -0.25) is 9.59 Å². The lowest BCUT2D eigenvalue weighted by atomic mass is 10.2. The van der Waals surface area contributed by atoms with Gasteiger partial charge in [0, 0.05) is 35.9 Å². The van der Waals surface area contributed by atoms with E-state index >= 15 is 0 Å². The van der Waals surface area contributed by atoms with Gasteiger partial charge in [0.05, 0.1) is 0 Å². The summed E-state index contributed by atoms with van der Waals surface area (Å²) in [6.07, 6.45) is 3.90. The maximum absolute atomic E-state index is 12.4. The van der Waals surface area contributed by atoms with Gasteiger partial charge in [-0.1, -0.05) is 0 Å². The third-order valence-corrected chi connectivity index (χ3v) is 3.89. The van der Waals surface area contributed by atoms with Crippen LogP contribution in [0.5, 0.6) is 5.75 Å². The fraction of sp³-hybridized carbons (Fsp3) is 0.143. The second-order valence-corrected chi connectivity index (χ2v) is 5.86. The monoisotopic (exact) mass is 363 g/mol. The lowest BCUT2D eigenvalue weighted by Gasteiger charge is -2.09. The van der Waals surface area contributed by atoms with E-state index in [1.54, 1.807) is 36.4 Å². The van der Waals surface area contributed by atoms with Crippen molar-refractivity contribution >= 4 is 17.5 Å². The highest BCUT2D eigenvalue weighted by atomic mass is 16.5. The van der Waals surface area contributed by atoms with Crippen LogP contribution in [-0.2, 0) is 4.79 Å². The van der Waals surface area contributed by atoms with E-state index in [-0.39, 0.29) is 18.4 Å². The normalized spacial score (nSPS) is 10.3. The Labute approximate surface area is 157 Å². The molecule has 0 saturated heterocycles. The molecule has 2 N–H and O–H groups in total. The number of ether oxygens (including phenoxy) is 1. The number of carbonyl (C=O) groups is 2. The van der Waals surface area contributed by atoms with Gasteiger partial charge < -0.3 is 19.9 Å². The van der Waals surface area contributed by atoms with Crippen molar-refractivity contribution < 1.29 is 14.3 Å². The van der Waals surface area contributed by atoms with Gasteiger partial charge in [0.15, 0.2) is 6.61 Å². The average Bonchev–Trinajstić information content (AvgIpc) is 3.23. The van der Waals surface area contributed by atoms with E-state index in [1.807, 2.05) is 48.1 Å². The molecule has 1 heterocycles. The standard InChI is InChI=1S/C21H21N3O3/c1-2-22-20(25)15-27-19-11-7-17(8-12-19)23-21(26)16-5-9-18(10-6-16)24-13-3-4-14-24/h3-14H,2,15H2,1H3,(H,22,25)(H,23,26). The molecule has 0 aliphatic rings. The number of carbonyl (C=O) groups excluding carboxylic acids is 2. The number of hydrogen-bond donors (Lipinski definition) is 2. The Morgan fingerprint density at radius 3 is 2.26 bits per heavy atom. The van der Waals surface area contributed by atoms with Crippen LogP contribution in [0.2, 0.25) is 0 Å². The number of amides is 2. The van der Waals surface area contributed by atoms with Gasteiger partial charge in [0.1, 0.15) is 5.75 Å². The number of benzene rings is 2. The van der Waals surface area contributed by atoms with Crippen molar-refractivity contribution in [2.45, 2.75) is 6.92 Å². The maximum Gasteiger partial charge on any atom is 0.257 e. The highest BCUT2D eigenvalue weighted by molar-refractivity contribution is 6.04. The van der Waals surface area contributed by atoms with Gasteiger partial charge in [-0.15, -0.1) is 0 Å². The summed E-state index contributed by atoms with van der Waals surface area (Å²) >= 11 is 0. The molecule has 0 radical (unpaired) electrons. The van der Waals surface area contributed by atoms with Crippen LogP contribution in [0.25, 0.3) is 5.69 Å². The van der Waals surface area contributed by atoms with Gasteiger partial charge in [-0.2, -0.15) is 0 Å². The fourth-order valence-corrected chi connectivity index (χ4v) is 2.53. The SMILES string of the molecule is CCNC(=O)COc1ccc(NC(=O)c2ccc(-n3cccc3)cc2)cc1. The van der Waals surface area contributed by atoms with E-state index in [4.69, 9.17) is 4.74 Å². The number of nitrogens with zero attached hydrogens (tertiary/aromatic N) is 1. The van der Waals surface area contributed by atoms with Gasteiger partial charge in [-0.05, 0) is 67.6 Å². The molecule has 6 heteroatoms. The zero-order chi connectivity index (χ0) is 19.1. The zero-order valence-electron chi connectivity index (χ0n) is 15.0. The molecular formula is C21H21N3O3. The fourth-order valence-electron chi connectivity index (χ4n) is 2.53. The van der Waals surface area contributed by atoms with E-state index in [0.29, 0.717) is 23.5 Å². The molecule has 138 valence electrons. The molecule has 6 nitrogen and oxygen atoms in total. The number of hydrogen-bond acceptors (Lipinski definition) is 3. The van der Waals surface area contributed by atoms with Crippen LogP contribution < -0.4 is 15.4 Å². The smallest absolute Gasteiger partial charge is 0.257 e. The second kappa shape index (κ2) is 8.71. The van der Waals surface area contributed by atoms with E-state index < -0.39 is 0 Å². The molecule has 0 saturated carbocycles.